The molecule has 2 aliphatic rings. The van der Waals surface area contributed by atoms with Crippen LogP contribution in [-0.4, -0.2) is 71.0 Å². The fraction of sp³-hybridized carbons (Fsp3) is 0.500. The maximum atomic E-state index is 13.1. The molecule has 3 aromatic heterocycles. The van der Waals surface area contributed by atoms with E-state index in [0.717, 1.165) is 25.7 Å². The van der Waals surface area contributed by atoms with E-state index >= 15 is 0 Å². The zero-order valence-corrected chi connectivity index (χ0v) is 15.6. The summed E-state index contributed by atoms with van der Waals surface area (Å²) in [5, 5.41) is 7.14. The van der Waals surface area contributed by atoms with Gasteiger partial charge in [-0.3, -0.25) is 14.3 Å². The van der Waals surface area contributed by atoms with Gasteiger partial charge in [-0.25, -0.2) is 28.2 Å². The lowest BCUT2D eigenvalue weighted by atomic mass is 9.88. The second kappa shape index (κ2) is 6.83. The average molecular weight is 402 g/mol. The molecule has 29 heavy (non-hydrogen) atoms. The van der Waals surface area contributed by atoms with Crippen molar-refractivity contribution in [1.29, 1.82) is 0 Å². The first-order chi connectivity index (χ1) is 14.0. The van der Waals surface area contributed by atoms with Crippen LogP contribution in [0.4, 0.5) is 8.78 Å². The predicted molar refractivity (Wildman–Crippen MR) is 97.9 cm³/mol. The Morgan fingerprint density at radius 1 is 1.21 bits per heavy atom. The number of fused-ring (bicyclic) bond motifs is 1. The van der Waals surface area contributed by atoms with Gasteiger partial charge < -0.3 is 5.32 Å². The maximum Gasteiger partial charge on any atom is 0.272 e. The van der Waals surface area contributed by atoms with E-state index in [1.807, 2.05) is 4.90 Å². The van der Waals surface area contributed by atoms with Crippen molar-refractivity contribution in [1.82, 2.24) is 39.3 Å². The highest BCUT2D eigenvalue weighted by Gasteiger charge is 2.47. The Hall–Kier alpha value is -2.95. The first-order valence-corrected chi connectivity index (χ1v) is 9.60. The van der Waals surface area contributed by atoms with E-state index in [4.69, 9.17) is 0 Å². The number of halogens is 2. The first-order valence-electron chi connectivity index (χ1n) is 9.60. The van der Waals surface area contributed by atoms with Crippen molar-refractivity contribution in [2.75, 3.05) is 13.1 Å². The largest absolute Gasteiger partial charge is 0.348 e. The van der Waals surface area contributed by atoms with Gasteiger partial charge in [-0.2, -0.15) is 5.10 Å². The molecule has 1 saturated carbocycles. The van der Waals surface area contributed by atoms with E-state index in [2.05, 4.69) is 25.4 Å². The topological polar surface area (TPSA) is 93.2 Å². The number of imidazole rings is 1. The van der Waals surface area contributed by atoms with E-state index in [0.29, 0.717) is 11.5 Å². The Balaban J connectivity index is 1.26. The summed E-state index contributed by atoms with van der Waals surface area (Å²) in [6.45, 7) is -0.291. The minimum atomic E-state index is -2.54. The van der Waals surface area contributed by atoms with Gasteiger partial charge in [0.1, 0.15) is 18.3 Å². The molecule has 0 atom stereocenters. The lowest BCUT2D eigenvalue weighted by molar-refractivity contribution is -0.150. The quantitative estimate of drug-likeness (QED) is 0.707. The number of amides is 1. The van der Waals surface area contributed by atoms with Crippen LogP contribution < -0.4 is 5.32 Å². The Labute approximate surface area is 164 Å². The van der Waals surface area contributed by atoms with Gasteiger partial charge in [-0.15, -0.1) is 0 Å². The summed E-state index contributed by atoms with van der Waals surface area (Å²) >= 11 is 0. The highest BCUT2D eigenvalue weighted by atomic mass is 19.3. The molecule has 0 spiro atoms. The van der Waals surface area contributed by atoms with Crippen molar-refractivity contribution in [3.8, 4) is 5.82 Å². The standard InChI is InChI=1S/C18H20F2N8O/c19-18(20)8-27(9-18)13-3-1-12(2-4-13)24-17(29)14-7-28-15(22-10-23-28)16(25-14)26-6-5-21-11-26/h5-7,10-13H,1-4,8-9H2,(H,24,29). The maximum absolute atomic E-state index is 13.1. The second-order valence-electron chi connectivity index (χ2n) is 7.69. The normalized spacial score (nSPS) is 24.3. The second-order valence-corrected chi connectivity index (χ2v) is 7.69. The van der Waals surface area contributed by atoms with E-state index < -0.39 is 5.92 Å². The Morgan fingerprint density at radius 2 is 2.00 bits per heavy atom. The fourth-order valence-electron chi connectivity index (χ4n) is 4.13. The lowest BCUT2D eigenvalue weighted by Gasteiger charge is -2.46. The highest BCUT2D eigenvalue weighted by Crippen LogP contribution is 2.33. The summed E-state index contributed by atoms with van der Waals surface area (Å²) in [4.78, 5) is 27.3. The fourth-order valence-corrected chi connectivity index (χ4v) is 4.13. The van der Waals surface area contributed by atoms with Crippen LogP contribution >= 0.6 is 0 Å². The molecule has 0 radical (unpaired) electrons. The minimum absolute atomic E-state index is 0.00507. The van der Waals surface area contributed by atoms with Crippen LogP contribution in [0, 0.1) is 0 Å². The molecule has 1 aliphatic heterocycles. The molecule has 152 valence electrons. The number of hydrogen-bond acceptors (Lipinski definition) is 6. The summed E-state index contributed by atoms with van der Waals surface area (Å²) < 4.78 is 29.3. The number of nitrogens with zero attached hydrogens (tertiary/aromatic N) is 7. The summed E-state index contributed by atoms with van der Waals surface area (Å²) in [6.07, 6.45) is 11.0. The zero-order chi connectivity index (χ0) is 20.0. The molecule has 1 N–H and O–H groups in total. The van der Waals surface area contributed by atoms with Crippen LogP contribution in [-0.2, 0) is 0 Å². The average Bonchev–Trinajstić information content (AvgIpc) is 3.37. The molecule has 1 saturated heterocycles. The summed E-state index contributed by atoms with van der Waals surface area (Å²) in [5.74, 6) is -2.36. The number of carbonyl (C=O) groups excluding carboxylic acids is 1. The molecular weight excluding hydrogens is 382 g/mol. The van der Waals surface area contributed by atoms with Gasteiger partial charge in [-0.05, 0) is 25.7 Å². The molecular formula is C18H20F2N8O. The van der Waals surface area contributed by atoms with Crippen LogP contribution in [0.3, 0.4) is 0 Å². The van der Waals surface area contributed by atoms with Gasteiger partial charge in [-0.1, -0.05) is 0 Å². The van der Waals surface area contributed by atoms with Crippen molar-refractivity contribution in [3.63, 3.8) is 0 Å². The van der Waals surface area contributed by atoms with Gasteiger partial charge >= 0.3 is 0 Å². The van der Waals surface area contributed by atoms with Crippen molar-refractivity contribution in [2.24, 2.45) is 0 Å². The Kier molecular flexibility index (Phi) is 4.26. The third-order valence-corrected chi connectivity index (χ3v) is 5.64. The monoisotopic (exact) mass is 402 g/mol. The first kappa shape index (κ1) is 18.1. The molecule has 3 aromatic rings. The van der Waals surface area contributed by atoms with Crippen LogP contribution in [0.1, 0.15) is 36.2 Å². The number of carbonyl (C=O) groups is 1. The Bertz CT molecular complexity index is 1020. The predicted octanol–water partition coefficient (Wildman–Crippen LogP) is 1.30. The van der Waals surface area contributed by atoms with Gasteiger partial charge in [0.15, 0.2) is 11.5 Å². The third-order valence-electron chi connectivity index (χ3n) is 5.64. The lowest BCUT2D eigenvalue weighted by Crippen LogP contribution is -2.60. The third kappa shape index (κ3) is 3.46. The number of nitrogens with one attached hydrogen (secondary N) is 1. The molecule has 0 bridgehead atoms. The van der Waals surface area contributed by atoms with Crippen LogP contribution in [0.2, 0.25) is 0 Å². The molecule has 0 unspecified atom stereocenters. The smallest absolute Gasteiger partial charge is 0.272 e. The molecule has 2 fully saturated rings. The van der Waals surface area contributed by atoms with Crippen LogP contribution in [0.25, 0.3) is 11.5 Å². The minimum Gasteiger partial charge on any atom is -0.348 e. The number of hydrogen-bond donors (Lipinski definition) is 1. The van der Waals surface area contributed by atoms with Crippen molar-refractivity contribution < 1.29 is 13.6 Å². The molecule has 1 amide bonds. The van der Waals surface area contributed by atoms with Gasteiger partial charge in [0.25, 0.3) is 11.8 Å². The van der Waals surface area contributed by atoms with Crippen molar-refractivity contribution in [3.05, 3.63) is 36.9 Å². The summed E-state index contributed by atoms with van der Waals surface area (Å²) in [7, 11) is 0. The molecule has 9 nitrogen and oxygen atoms in total. The van der Waals surface area contributed by atoms with E-state index in [1.165, 1.54) is 10.8 Å². The van der Waals surface area contributed by atoms with Crippen molar-refractivity contribution in [2.45, 2.75) is 43.7 Å². The van der Waals surface area contributed by atoms with Crippen LogP contribution in [0.15, 0.2) is 31.2 Å². The highest BCUT2D eigenvalue weighted by molar-refractivity contribution is 5.92. The van der Waals surface area contributed by atoms with E-state index in [9.17, 15) is 13.6 Å². The number of aromatic nitrogens is 6. The van der Waals surface area contributed by atoms with Gasteiger partial charge in [0, 0.05) is 24.5 Å². The Morgan fingerprint density at radius 3 is 2.69 bits per heavy atom. The molecule has 0 aromatic carbocycles. The molecule has 11 heteroatoms. The molecule has 1 aliphatic carbocycles. The number of alkyl halides is 2. The SMILES string of the molecule is O=C(NC1CCC(N2CC(F)(F)C2)CC1)c1cn2ncnc2c(-n2ccnc2)n1. The summed E-state index contributed by atoms with van der Waals surface area (Å²) in [6, 6.07) is 0.186. The van der Waals surface area contributed by atoms with Gasteiger partial charge in [0.05, 0.1) is 19.3 Å². The van der Waals surface area contributed by atoms with E-state index in [1.54, 1.807) is 29.5 Å². The summed E-state index contributed by atoms with van der Waals surface area (Å²) in [5.41, 5.74) is 0.752. The zero-order valence-electron chi connectivity index (χ0n) is 15.6. The number of rotatable bonds is 4. The molecule has 5 rings (SSSR count). The van der Waals surface area contributed by atoms with E-state index in [-0.39, 0.29) is 36.8 Å². The van der Waals surface area contributed by atoms with Gasteiger partial charge in [0.2, 0.25) is 0 Å². The molecule has 4 heterocycles. The number of likely N-dealkylation sites (tertiary alicyclic amines) is 1. The van der Waals surface area contributed by atoms with Crippen molar-refractivity contribution >= 4 is 11.6 Å². The van der Waals surface area contributed by atoms with Crippen LogP contribution in [0.5, 0.6) is 0 Å².